The first-order chi connectivity index (χ1) is 8.27. The highest BCUT2D eigenvalue weighted by Gasteiger charge is 2.17. The largest absolute Gasteiger partial charge is 0.332 e. The molecule has 0 bridgehead atoms. The van der Waals surface area contributed by atoms with Crippen molar-refractivity contribution >= 4 is 5.91 Å². The molecule has 3 nitrogen and oxygen atoms in total. The Labute approximate surface area is 105 Å². The molecule has 1 fully saturated rings. The van der Waals surface area contributed by atoms with Gasteiger partial charge >= 0.3 is 0 Å². The summed E-state index contributed by atoms with van der Waals surface area (Å²) in [6, 6.07) is 0. The molecule has 1 heterocycles. The fourth-order valence-electron chi connectivity index (χ4n) is 2.33. The summed E-state index contributed by atoms with van der Waals surface area (Å²) in [6.45, 7) is 5.52. The van der Waals surface area contributed by atoms with Crippen molar-refractivity contribution in [2.24, 2.45) is 5.92 Å². The van der Waals surface area contributed by atoms with Crippen LogP contribution in [-0.4, -0.2) is 37.0 Å². The zero-order valence-electron chi connectivity index (χ0n) is 10.9. The lowest BCUT2D eigenvalue weighted by Gasteiger charge is -2.24. The number of hydrogen-bond acceptors (Lipinski definition) is 2. The van der Waals surface area contributed by atoms with E-state index in [2.05, 4.69) is 18.2 Å². The molecule has 0 aliphatic carbocycles. The summed E-state index contributed by atoms with van der Waals surface area (Å²) in [5.74, 6) is 3.51. The van der Waals surface area contributed by atoms with Crippen LogP contribution >= 0.6 is 0 Å². The first kappa shape index (κ1) is 14.1. The summed E-state index contributed by atoms with van der Waals surface area (Å²) in [7, 11) is 0. The number of piperidine rings is 1. The van der Waals surface area contributed by atoms with Gasteiger partial charge < -0.3 is 10.2 Å². The van der Waals surface area contributed by atoms with Crippen LogP contribution in [0.15, 0.2) is 0 Å². The molecule has 17 heavy (non-hydrogen) atoms. The second-order valence-electron chi connectivity index (χ2n) is 4.75. The van der Waals surface area contributed by atoms with E-state index in [9.17, 15) is 4.79 Å². The van der Waals surface area contributed by atoms with Crippen LogP contribution in [0.2, 0.25) is 0 Å². The van der Waals surface area contributed by atoms with Gasteiger partial charge in [0.1, 0.15) is 0 Å². The lowest BCUT2D eigenvalue weighted by molar-refractivity contribution is -0.131. The molecule has 1 aliphatic rings. The van der Waals surface area contributed by atoms with Gasteiger partial charge in [0.2, 0.25) is 5.91 Å². The van der Waals surface area contributed by atoms with Crippen LogP contribution in [0.5, 0.6) is 0 Å². The van der Waals surface area contributed by atoms with Gasteiger partial charge in [0.05, 0.1) is 6.54 Å². The van der Waals surface area contributed by atoms with Gasteiger partial charge in [0.25, 0.3) is 0 Å². The molecule has 1 saturated heterocycles. The van der Waals surface area contributed by atoms with Gasteiger partial charge in [-0.1, -0.05) is 12.8 Å². The molecule has 0 aromatic heterocycles. The van der Waals surface area contributed by atoms with E-state index in [1.165, 1.54) is 12.8 Å². The second-order valence-corrected chi connectivity index (χ2v) is 4.75. The summed E-state index contributed by atoms with van der Waals surface area (Å²) in [4.78, 5) is 13.8. The Morgan fingerprint density at radius 2 is 2.18 bits per heavy atom. The predicted octanol–water partition coefficient (Wildman–Crippen LogP) is 1.64. The molecular formula is C14H24N2O. The Hall–Kier alpha value is -1.01. The van der Waals surface area contributed by atoms with Crippen molar-refractivity contribution < 1.29 is 4.79 Å². The maximum Gasteiger partial charge on any atom is 0.223 e. The molecule has 1 rings (SSSR count). The van der Waals surface area contributed by atoms with Gasteiger partial charge in [-0.3, -0.25) is 4.79 Å². The first-order valence-corrected chi connectivity index (χ1v) is 6.69. The topological polar surface area (TPSA) is 32.3 Å². The van der Waals surface area contributed by atoms with E-state index in [4.69, 9.17) is 6.42 Å². The molecule has 0 aromatic carbocycles. The smallest absolute Gasteiger partial charge is 0.223 e. The minimum Gasteiger partial charge on any atom is -0.332 e. The fraction of sp³-hybridized carbons (Fsp3) is 0.786. The number of carbonyl (C=O) groups is 1. The average molecular weight is 236 g/mol. The number of amides is 1. The van der Waals surface area contributed by atoms with E-state index >= 15 is 0 Å². The third-order valence-electron chi connectivity index (χ3n) is 3.35. The normalized spacial score (nSPS) is 16.5. The number of hydrogen-bond donors (Lipinski definition) is 1. The number of rotatable bonds is 6. The van der Waals surface area contributed by atoms with E-state index in [1.807, 2.05) is 0 Å². The Bertz CT molecular complexity index is 264. The molecular weight excluding hydrogens is 212 g/mol. The van der Waals surface area contributed by atoms with Crippen LogP contribution in [0.3, 0.4) is 0 Å². The molecule has 0 spiro atoms. The van der Waals surface area contributed by atoms with Crippen molar-refractivity contribution in [1.82, 2.24) is 10.2 Å². The molecule has 1 N–H and O–H groups in total. The quantitative estimate of drug-likeness (QED) is 0.711. The van der Waals surface area contributed by atoms with E-state index in [-0.39, 0.29) is 5.91 Å². The van der Waals surface area contributed by atoms with E-state index < -0.39 is 0 Å². The van der Waals surface area contributed by atoms with Crippen molar-refractivity contribution in [3.05, 3.63) is 0 Å². The molecule has 3 heteroatoms. The molecule has 0 aromatic rings. The van der Waals surface area contributed by atoms with Crippen molar-refractivity contribution in [2.75, 3.05) is 26.2 Å². The van der Waals surface area contributed by atoms with Crippen molar-refractivity contribution in [3.63, 3.8) is 0 Å². The lowest BCUT2D eigenvalue weighted by Crippen LogP contribution is -2.33. The van der Waals surface area contributed by atoms with Crippen molar-refractivity contribution in [3.8, 4) is 12.3 Å². The Balaban J connectivity index is 2.28. The molecule has 96 valence electrons. The summed E-state index contributed by atoms with van der Waals surface area (Å²) >= 11 is 0. The monoisotopic (exact) mass is 236 g/mol. The van der Waals surface area contributed by atoms with Crippen LogP contribution < -0.4 is 5.32 Å². The Morgan fingerprint density at radius 1 is 1.47 bits per heavy atom. The predicted molar refractivity (Wildman–Crippen MR) is 70.5 cm³/mol. The highest BCUT2D eigenvalue weighted by Crippen LogP contribution is 2.18. The third kappa shape index (κ3) is 5.23. The zero-order valence-corrected chi connectivity index (χ0v) is 10.9. The van der Waals surface area contributed by atoms with Crippen LogP contribution in [0.1, 0.15) is 39.0 Å². The third-order valence-corrected chi connectivity index (χ3v) is 3.35. The zero-order chi connectivity index (χ0) is 12.5. The molecule has 1 amide bonds. The van der Waals surface area contributed by atoms with Gasteiger partial charge in [0, 0.05) is 13.0 Å². The van der Waals surface area contributed by atoms with E-state index in [0.29, 0.717) is 13.0 Å². The van der Waals surface area contributed by atoms with Gasteiger partial charge in [-0.15, -0.1) is 6.42 Å². The van der Waals surface area contributed by atoms with E-state index in [1.54, 1.807) is 4.90 Å². The molecule has 0 atom stereocenters. The van der Waals surface area contributed by atoms with Crippen LogP contribution in [0.25, 0.3) is 0 Å². The summed E-state index contributed by atoms with van der Waals surface area (Å²) in [5.41, 5.74) is 0. The second kappa shape index (κ2) is 8.14. The van der Waals surface area contributed by atoms with E-state index in [0.717, 1.165) is 38.4 Å². The van der Waals surface area contributed by atoms with Gasteiger partial charge in [0.15, 0.2) is 0 Å². The van der Waals surface area contributed by atoms with Crippen LogP contribution in [0, 0.1) is 18.3 Å². The number of nitrogens with zero attached hydrogens (tertiary/aromatic N) is 1. The molecule has 0 unspecified atom stereocenters. The number of carbonyl (C=O) groups excluding carboxylic acids is 1. The lowest BCUT2D eigenvalue weighted by atomic mass is 9.93. The maximum atomic E-state index is 12.0. The summed E-state index contributed by atoms with van der Waals surface area (Å²) in [5, 5.41) is 3.34. The summed E-state index contributed by atoms with van der Waals surface area (Å²) < 4.78 is 0. The van der Waals surface area contributed by atoms with Crippen LogP contribution in [-0.2, 0) is 4.79 Å². The SMILES string of the molecule is C#CCN(CCC)C(=O)CCC1CCNCC1. The highest BCUT2D eigenvalue weighted by atomic mass is 16.2. The average Bonchev–Trinajstić information content (AvgIpc) is 2.37. The highest BCUT2D eigenvalue weighted by molar-refractivity contribution is 5.76. The Morgan fingerprint density at radius 3 is 2.76 bits per heavy atom. The Kier molecular flexibility index (Phi) is 6.73. The minimum atomic E-state index is 0.225. The van der Waals surface area contributed by atoms with Crippen LogP contribution in [0.4, 0.5) is 0 Å². The van der Waals surface area contributed by atoms with Gasteiger partial charge in [-0.05, 0) is 44.7 Å². The summed E-state index contributed by atoms with van der Waals surface area (Å²) in [6.07, 6.45) is 10.3. The maximum absolute atomic E-state index is 12.0. The number of nitrogens with one attached hydrogen (secondary N) is 1. The molecule has 0 saturated carbocycles. The molecule has 1 aliphatic heterocycles. The number of terminal acetylenes is 1. The van der Waals surface area contributed by atoms with Crippen molar-refractivity contribution in [1.29, 1.82) is 0 Å². The van der Waals surface area contributed by atoms with Crippen molar-refractivity contribution in [2.45, 2.75) is 39.0 Å². The van der Waals surface area contributed by atoms with Gasteiger partial charge in [-0.25, -0.2) is 0 Å². The first-order valence-electron chi connectivity index (χ1n) is 6.69. The molecule has 0 radical (unpaired) electrons. The fourth-order valence-corrected chi connectivity index (χ4v) is 2.33. The minimum absolute atomic E-state index is 0.225. The standard InChI is InChI=1S/C14H24N2O/c1-3-11-16(12-4-2)14(17)6-5-13-7-9-15-10-8-13/h1,13,15H,4-12H2,2H3. The van der Waals surface area contributed by atoms with Gasteiger partial charge in [-0.2, -0.15) is 0 Å².